The number of nitrogens with two attached hydrogens (primary N) is 1. The molecule has 0 bridgehead atoms. The number of rotatable bonds is 5. The molecule has 0 aromatic heterocycles. The molecule has 1 unspecified atom stereocenters. The largest absolute Gasteiger partial charge is 0.325 e. The molecule has 1 rings (SSSR count). The van der Waals surface area contributed by atoms with E-state index >= 15 is 0 Å². The topological polar surface area (TPSA) is 101 Å². The van der Waals surface area contributed by atoms with E-state index in [1.807, 2.05) is 0 Å². The number of hydrogen-bond donors (Lipinski definition) is 3. The van der Waals surface area contributed by atoms with Crippen LogP contribution in [0.4, 0.5) is 11.4 Å². The highest BCUT2D eigenvalue weighted by Crippen LogP contribution is 2.16. The first kappa shape index (κ1) is 15.0. The summed E-state index contributed by atoms with van der Waals surface area (Å²) in [5, 5.41) is 2.56. The van der Waals surface area contributed by atoms with Gasteiger partial charge in [-0.05, 0) is 18.2 Å². The number of amides is 1. The zero-order valence-electron chi connectivity index (χ0n) is 10.4. The van der Waals surface area contributed by atoms with Crippen molar-refractivity contribution >= 4 is 27.3 Å². The Labute approximate surface area is 112 Å². The Morgan fingerprint density at radius 3 is 2.68 bits per heavy atom. The van der Waals surface area contributed by atoms with Crippen LogP contribution in [0.15, 0.2) is 24.3 Å². The first-order valence-electron chi connectivity index (χ1n) is 5.39. The number of anilines is 2. The van der Waals surface area contributed by atoms with Gasteiger partial charge in [0, 0.05) is 12.1 Å². The van der Waals surface area contributed by atoms with Crippen molar-refractivity contribution in [3.8, 4) is 12.3 Å². The molecule has 0 heterocycles. The summed E-state index contributed by atoms with van der Waals surface area (Å²) in [5.74, 6) is 1.88. The van der Waals surface area contributed by atoms with E-state index in [4.69, 9.17) is 12.2 Å². The Balaban J connectivity index is 2.78. The second-order valence-corrected chi connectivity index (χ2v) is 5.71. The van der Waals surface area contributed by atoms with E-state index in [1.165, 1.54) is 6.07 Å². The Kier molecular flexibility index (Phi) is 4.92. The summed E-state index contributed by atoms with van der Waals surface area (Å²) in [6, 6.07) is 5.49. The molecule has 0 saturated carbocycles. The lowest BCUT2D eigenvalue weighted by Crippen LogP contribution is -2.35. The number of benzene rings is 1. The fraction of sp³-hybridized carbons (Fsp3) is 0.250. The van der Waals surface area contributed by atoms with Crippen LogP contribution < -0.4 is 15.8 Å². The highest BCUT2D eigenvalue weighted by atomic mass is 32.2. The summed E-state index contributed by atoms with van der Waals surface area (Å²) in [6.07, 6.45) is 6.24. The van der Waals surface area contributed by atoms with Crippen LogP contribution in [-0.2, 0) is 14.8 Å². The van der Waals surface area contributed by atoms with Gasteiger partial charge in [-0.15, -0.1) is 12.3 Å². The fourth-order valence-electron chi connectivity index (χ4n) is 1.33. The molecule has 0 radical (unpaired) electrons. The van der Waals surface area contributed by atoms with E-state index in [2.05, 4.69) is 16.0 Å². The molecule has 1 amide bonds. The molecule has 0 aliphatic rings. The highest BCUT2D eigenvalue weighted by molar-refractivity contribution is 7.92. The standard InChI is InChI=1S/C12H15N3O3S/c1-3-5-11(13)12(16)14-9-6-4-7-10(8-9)15-19(2,17)18/h1,4,6-8,11,15H,5,13H2,2H3,(H,14,16). The summed E-state index contributed by atoms with van der Waals surface area (Å²) in [7, 11) is -3.36. The van der Waals surface area contributed by atoms with Crippen LogP contribution >= 0.6 is 0 Å². The second kappa shape index (κ2) is 6.22. The number of nitrogens with one attached hydrogen (secondary N) is 2. The molecule has 7 heteroatoms. The molecule has 0 saturated heterocycles. The van der Waals surface area contributed by atoms with E-state index in [9.17, 15) is 13.2 Å². The van der Waals surface area contributed by atoms with Crippen LogP contribution in [0.25, 0.3) is 0 Å². The fourth-order valence-corrected chi connectivity index (χ4v) is 1.88. The third-order valence-corrected chi connectivity index (χ3v) is 2.71. The molecule has 0 fully saturated rings. The van der Waals surface area contributed by atoms with Gasteiger partial charge in [-0.25, -0.2) is 8.42 Å². The van der Waals surface area contributed by atoms with Crippen LogP contribution in [0, 0.1) is 12.3 Å². The predicted molar refractivity (Wildman–Crippen MR) is 75.0 cm³/mol. The van der Waals surface area contributed by atoms with Gasteiger partial charge in [-0.1, -0.05) is 6.07 Å². The summed E-state index contributed by atoms with van der Waals surface area (Å²) in [6.45, 7) is 0. The molecule has 4 N–H and O–H groups in total. The molecule has 0 aliphatic carbocycles. The molecule has 102 valence electrons. The number of carbonyl (C=O) groups excluding carboxylic acids is 1. The van der Waals surface area contributed by atoms with Gasteiger partial charge in [0.15, 0.2) is 0 Å². The minimum atomic E-state index is -3.36. The maximum Gasteiger partial charge on any atom is 0.242 e. The average Bonchev–Trinajstić information content (AvgIpc) is 2.27. The summed E-state index contributed by atoms with van der Waals surface area (Å²) < 4.78 is 24.5. The van der Waals surface area contributed by atoms with Crippen molar-refractivity contribution in [3.05, 3.63) is 24.3 Å². The summed E-state index contributed by atoms with van der Waals surface area (Å²) >= 11 is 0. The Morgan fingerprint density at radius 1 is 1.47 bits per heavy atom. The van der Waals surface area contributed by atoms with Crippen LogP contribution in [0.5, 0.6) is 0 Å². The van der Waals surface area contributed by atoms with Crippen molar-refractivity contribution in [1.29, 1.82) is 0 Å². The van der Waals surface area contributed by atoms with E-state index in [0.717, 1.165) is 6.26 Å². The lowest BCUT2D eigenvalue weighted by Gasteiger charge is -2.11. The zero-order chi connectivity index (χ0) is 14.5. The van der Waals surface area contributed by atoms with E-state index in [1.54, 1.807) is 18.2 Å². The lowest BCUT2D eigenvalue weighted by molar-refractivity contribution is -0.117. The van der Waals surface area contributed by atoms with Crippen molar-refractivity contribution in [2.75, 3.05) is 16.3 Å². The van der Waals surface area contributed by atoms with Crippen LogP contribution in [0.2, 0.25) is 0 Å². The zero-order valence-corrected chi connectivity index (χ0v) is 11.2. The maximum atomic E-state index is 11.6. The molecule has 0 aliphatic heterocycles. The smallest absolute Gasteiger partial charge is 0.242 e. The molecule has 1 atom stereocenters. The normalized spacial score (nSPS) is 12.3. The molecular weight excluding hydrogens is 266 g/mol. The lowest BCUT2D eigenvalue weighted by atomic mass is 10.2. The molecule has 1 aromatic rings. The van der Waals surface area contributed by atoms with Crippen LogP contribution in [-0.4, -0.2) is 26.6 Å². The quantitative estimate of drug-likeness (QED) is 0.678. The minimum absolute atomic E-state index is 0.132. The number of terminal acetylenes is 1. The Morgan fingerprint density at radius 2 is 2.11 bits per heavy atom. The highest BCUT2D eigenvalue weighted by Gasteiger charge is 2.12. The minimum Gasteiger partial charge on any atom is -0.325 e. The summed E-state index contributed by atoms with van der Waals surface area (Å²) in [5.41, 5.74) is 6.34. The third-order valence-electron chi connectivity index (χ3n) is 2.11. The van der Waals surface area contributed by atoms with Gasteiger partial charge < -0.3 is 11.1 Å². The predicted octanol–water partition coefficient (Wildman–Crippen LogP) is 0.347. The van der Waals surface area contributed by atoms with E-state index < -0.39 is 22.0 Å². The van der Waals surface area contributed by atoms with Gasteiger partial charge in [-0.2, -0.15) is 0 Å². The van der Waals surface area contributed by atoms with Crippen molar-refractivity contribution in [2.24, 2.45) is 5.73 Å². The molecular formula is C12H15N3O3S. The molecule has 6 nitrogen and oxygen atoms in total. The SMILES string of the molecule is C#CCC(N)C(=O)Nc1cccc(NS(C)(=O)=O)c1. The molecule has 19 heavy (non-hydrogen) atoms. The number of carbonyl (C=O) groups is 1. The Hall–Kier alpha value is -2.04. The van der Waals surface area contributed by atoms with Gasteiger partial charge >= 0.3 is 0 Å². The van der Waals surface area contributed by atoms with Crippen molar-refractivity contribution in [3.63, 3.8) is 0 Å². The van der Waals surface area contributed by atoms with Crippen molar-refractivity contribution in [1.82, 2.24) is 0 Å². The first-order valence-corrected chi connectivity index (χ1v) is 7.29. The first-order chi connectivity index (χ1) is 8.81. The summed E-state index contributed by atoms with van der Waals surface area (Å²) in [4.78, 5) is 11.6. The van der Waals surface area contributed by atoms with Crippen LogP contribution in [0.1, 0.15) is 6.42 Å². The Bertz CT molecular complexity index is 605. The van der Waals surface area contributed by atoms with E-state index in [0.29, 0.717) is 11.4 Å². The van der Waals surface area contributed by atoms with Gasteiger partial charge in [-0.3, -0.25) is 9.52 Å². The van der Waals surface area contributed by atoms with Gasteiger partial charge in [0.25, 0.3) is 0 Å². The van der Waals surface area contributed by atoms with Gasteiger partial charge in [0.2, 0.25) is 15.9 Å². The van der Waals surface area contributed by atoms with Crippen LogP contribution in [0.3, 0.4) is 0 Å². The number of hydrogen-bond acceptors (Lipinski definition) is 4. The third kappa shape index (κ3) is 5.42. The van der Waals surface area contributed by atoms with Gasteiger partial charge in [0.1, 0.15) is 0 Å². The van der Waals surface area contributed by atoms with Gasteiger partial charge in [0.05, 0.1) is 18.0 Å². The number of sulfonamides is 1. The molecule has 1 aromatic carbocycles. The van der Waals surface area contributed by atoms with Crippen molar-refractivity contribution in [2.45, 2.75) is 12.5 Å². The van der Waals surface area contributed by atoms with Crippen molar-refractivity contribution < 1.29 is 13.2 Å². The maximum absolute atomic E-state index is 11.6. The second-order valence-electron chi connectivity index (χ2n) is 3.96. The van der Waals surface area contributed by atoms with E-state index in [-0.39, 0.29) is 6.42 Å². The average molecular weight is 281 g/mol. The monoisotopic (exact) mass is 281 g/mol. The molecule has 0 spiro atoms.